The number of hydrogen-bond acceptors (Lipinski definition) is 3. The molecule has 0 aliphatic rings. The number of carbonyl (C=O) groups is 1. The van der Waals surface area contributed by atoms with Gasteiger partial charge >= 0.3 is 0 Å². The maximum absolute atomic E-state index is 10.7. The summed E-state index contributed by atoms with van der Waals surface area (Å²) in [4.78, 5) is 14.6. The molecule has 0 aromatic carbocycles. The van der Waals surface area contributed by atoms with Crippen LogP contribution in [0.1, 0.15) is 13.3 Å². The largest absolute Gasteiger partial charge is 0.492 e. The Hall–Kier alpha value is -1.58. The predicted octanol–water partition coefficient (Wildman–Crippen LogP) is 0.972. The summed E-state index contributed by atoms with van der Waals surface area (Å²) in [7, 11) is 0. The summed E-state index contributed by atoms with van der Waals surface area (Å²) in [6.45, 7) is 2.27. The number of nitrogens with zero attached hydrogens (tertiary/aromatic N) is 1. The van der Waals surface area contributed by atoms with Crippen LogP contribution < -0.4 is 10.5 Å². The van der Waals surface area contributed by atoms with E-state index in [1.165, 1.54) is 0 Å². The Morgan fingerprint density at radius 3 is 3.07 bits per heavy atom. The summed E-state index contributed by atoms with van der Waals surface area (Å²) in [6, 6.07) is 3.62. The Labute approximate surface area is 83.1 Å². The zero-order valence-electron chi connectivity index (χ0n) is 8.14. The number of amides is 1. The molecule has 1 aromatic heterocycles. The van der Waals surface area contributed by atoms with E-state index < -0.39 is 0 Å². The number of aromatic nitrogens is 1. The number of primary amides is 1. The highest BCUT2D eigenvalue weighted by atomic mass is 16.5. The third-order valence-corrected chi connectivity index (χ3v) is 1.94. The standard InChI is InChI=1S/C10H14N2O2/c1-8(10(11)13)4-6-14-9-3-2-5-12-7-9/h2-3,5,7-8H,4,6H2,1H3,(H2,11,13)/t8-/m0/s1. The Morgan fingerprint density at radius 1 is 1.71 bits per heavy atom. The van der Waals surface area contributed by atoms with Gasteiger partial charge in [-0.25, -0.2) is 0 Å². The molecule has 0 saturated carbocycles. The van der Waals surface area contributed by atoms with Crippen molar-refractivity contribution in [3.8, 4) is 5.75 Å². The van der Waals surface area contributed by atoms with Crippen LogP contribution in [-0.4, -0.2) is 17.5 Å². The highest BCUT2D eigenvalue weighted by molar-refractivity contribution is 5.76. The third kappa shape index (κ3) is 3.43. The number of hydrogen-bond donors (Lipinski definition) is 1. The molecular weight excluding hydrogens is 180 g/mol. The van der Waals surface area contributed by atoms with Gasteiger partial charge in [-0.1, -0.05) is 6.92 Å². The van der Waals surface area contributed by atoms with Crippen LogP contribution in [0.25, 0.3) is 0 Å². The Balaban J connectivity index is 2.26. The number of carbonyl (C=O) groups excluding carboxylic acids is 1. The fourth-order valence-corrected chi connectivity index (χ4v) is 0.928. The quantitative estimate of drug-likeness (QED) is 0.759. The van der Waals surface area contributed by atoms with Crippen LogP contribution in [0.4, 0.5) is 0 Å². The van der Waals surface area contributed by atoms with Crippen molar-refractivity contribution in [1.29, 1.82) is 0 Å². The third-order valence-electron chi connectivity index (χ3n) is 1.94. The van der Waals surface area contributed by atoms with Crippen LogP contribution in [0.3, 0.4) is 0 Å². The average molecular weight is 194 g/mol. The van der Waals surface area contributed by atoms with Crippen molar-refractivity contribution in [2.45, 2.75) is 13.3 Å². The van der Waals surface area contributed by atoms with Gasteiger partial charge in [0.15, 0.2) is 0 Å². The fourth-order valence-electron chi connectivity index (χ4n) is 0.928. The SMILES string of the molecule is C[C@@H](CCOc1cccnc1)C(N)=O. The van der Waals surface area contributed by atoms with Crippen LogP contribution >= 0.6 is 0 Å². The Kier molecular flexibility index (Phi) is 3.91. The van der Waals surface area contributed by atoms with Gasteiger partial charge in [0, 0.05) is 12.1 Å². The molecular formula is C10H14N2O2. The summed E-state index contributed by atoms with van der Waals surface area (Å²) in [5.41, 5.74) is 5.11. The first-order valence-corrected chi connectivity index (χ1v) is 4.52. The van der Waals surface area contributed by atoms with Gasteiger partial charge in [0.05, 0.1) is 12.8 Å². The molecule has 1 atom stereocenters. The van der Waals surface area contributed by atoms with Crippen molar-refractivity contribution in [1.82, 2.24) is 4.98 Å². The van der Waals surface area contributed by atoms with Gasteiger partial charge in [0.2, 0.25) is 5.91 Å². The molecule has 0 aliphatic carbocycles. The van der Waals surface area contributed by atoms with Gasteiger partial charge in [0.25, 0.3) is 0 Å². The van der Waals surface area contributed by atoms with Crippen LogP contribution in [-0.2, 0) is 4.79 Å². The molecule has 1 rings (SSSR count). The highest BCUT2D eigenvalue weighted by Crippen LogP contribution is 2.08. The maximum Gasteiger partial charge on any atom is 0.220 e. The van der Waals surface area contributed by atoms with E-state index in [2.05, 4.69) is 4.98 Å². The minimum atomic E-state index is -0.292. The van der Waals surface area contributed by atoms with Crippen molar-refractivity contribution in [2.24, 2.45) is 11.7 Å². The molecule has 2 N–H and O–H groups in total. The van der Waals surface area contributed by atoms with E-state index in [0.29, 0.717) is 18.8 Å². The molecule has 0 fully saturated rings. The van der Waals surface area contributed by atoms with E-state index in [4.69, 9.17) is 10.5 Å². The maximum atomic E-state index is 10.7. The van der Waals surface area contributed by atoms with Crippen molar-refractivity contribution in [3.05, 3.63) is 24.5 Å². The lowest BCUT2D eigenvalue weighted by Gasteiger charge is -2.08. The van der Waals surface area contributed by atoms with Crippen molar-refractivity contribution >= 4 is 5.91 Å². The molecule has 14 heavy (non-hydrogen) atoms. The summed E-state index contributed by atoms with van der Waals surface area (Å²) in [6.07, 6.45) is 3.94. The molecule has 4 nitrogen and oxygen atoms in total. The lowest BCUT2D eigenvalue weighted by molar-refractivity contribution is -0.121. The topological polar surface area (TPSA) is 65.2 Å². The first kappa shape index (κ1) is 10.5. The van der Waals surface area contributed by atoms with Crippen molar-refractivity contribution in [2.75, 3.05) is 6.61 Å². The van der Waals surface area contributed by atoms with Crippen LogP contribution in [0, 0.1) is 5.92 Å². The number of nitrogens with two attached hydrogens (primary N) is 1. The number of ether oxygens (including phenoxy) is 1. The highest BCUT2D eigenvalue weighted by Gasteiger charge is 2.07. The summed E-state index contributed by atoms with van der Waals surface area (Å²) in [5.74, 6) is 0.274. The van der Waals surface area contributed by atoms with Gasteiger partial charge in [-0.2, -0.15) is 0 Å². The Bertz CT molecular complexity index is 287. The van der Waals surface area contributed by atoms with E-state index in [1.807, 2.05) is 6.07 Å². The molecule has 1 aromatic rings. The van der Waals surface area contributed by atoms with E-state index in [1.54, 1.807) is 25.4 Å². The molecule has 0 spiro atoms. The van der Waals surface area contributed by atoms with Gasteiger partial charge in [-0.3, -0.25) is 9.78 Å². The second-order valence-electron chi connectivity index (χ2n) is 3.13. The molecule has 1 heterocycles. The van der Waals surface area contributed by atoms with Crippen molar-refractivity contribution < 1.29 is 9.53 Å². The average Bonchev–Trinajstić information content (AvgIpc) is 2.19. The number of rotatable bonds is 5. The van der Waals surface area contributed by atoms with E-state index >= 15 is 0 Å². The van der Waals surface area contributed by atoms with Crippen molar-refractivity contribution in [3.63, 3.8) is 0 Å². The minimum absolute atomic E-state index is 0.147. The molecule has 0 radical (unpaired) electrons. The first-order valence-electron chi connectivity index (χ1n) is 4.52. The first-order chi connectivity index (χ1) is 6.70. The van der Waals surface area contributed by atoms with Gasteiger partial charge in [0.1, 0.15) is 5.75 Å². The summed E-state index contributed by atoms with van der Waals surface area (Å²) in [5, 5.41) is 0. The summed E-state index contributed by atoms with van der Waals surface area (Å²) >= 11 is 0. The zero-order chi connectivity index (χ0) is 10.4. The second-order valence-corrected chi connectivity index (χ2v) is 3.13. The molecule has 76 valence electrons. The normalized spacial score (nSPS) is 12.1. The molecule has 0 aliphatic heterocycles. The molecule has 4 heteroatoms. The lowest BCUT2D eigenvalue weighted by Crippen LogP contribution is -2.22. The van der Waals surface area contributed by atoms with Crippen LogP contribution in [0.5, 0.6) is 5.75 Å². The fraction of sp³-hybridized carbons (Fsp3) is 0.400. The van der Waals surface area contributed by atoms with Gasteiger partial charge in [-0.05, 0) is 18.6 Å². The van der Waals surface area contributed by atoms with Crippen LogP contribution in [0.15, 0.2) is 24.5 Å². The molecule has 0 saturated heterocycles. The summed E-state index contributed by atoms with van der Waals surface area (Å²) < 4.78 is 5.36. The second kappa shape index (κ2) is 5.21. The van der Waals surface area contributed by atoms with Crippen LogP contribution in [0.2, 0.25) is 0 Å². The monoisotopic (exact) mass is 194 g/mol. The predicted molar refractivity (Wildman–Crippen MR) is 52.7 cm³/mol. The smallest absolute Gasteiger partial charge is 0.220 e. The lowest BCUT2D eigenvalue weighted by atomic mass is 10.1. The molecule has 0 bridgehead atoms. The Morgan fingerprint density at radius 2 is 2.50 bits per heavy atom. The minimum Gasteiger partial charge on any atom is -0.492 e. The zero-order valence-corrected chi connectivity index (χ0v) is 8.14. The van der Waals surface area contributed by atoms with E-state index in [9.17, 15) is 4.79 Å². The number of pyridine rings is 1. The van der Waals surface area contributed by atoms with E-state index in [-0.39, 0.29) is 11.8 Å². The van der Waals surface area contributed by atoms with Gasteiger partial charge < -0.3 is 10.5 Å². The van der Waals surface area contributed by atoms with E-state index in [0.717, 1.165) is 0 Å². The van der Waals surface area contributed by atoms with Gasteiger partial charge in [-0.15, -0.1) is 0 Å². The molecule has 1 amide bonds. The molecule has 0 unspecified atom stereocenters.